The molecule has 3 nitrogen and oxygen atoms in total. The van der Waals surface area contributed by atoms with E-state index in [1.54, 1.807) is 18.4 Å². The molecule has 1 heterocycles. The molecule has 0 saturated heterocycles. The molecular weight excluding hydrogens is 304 g/mol. The average molecular weight is 324 g/mol. The van der Waals surface area contributed by atoms with Crippen LogP contribution in [0.5, 0.6) is 5.75 Å². The minimum atomic E-state index is 0.563. The first-order chi connectivity index (χ1) is 11.1. The summed E-state index contributed by atoms with van der Waals surface area (Å²) in [5.41, 5.74) is 11.2. The van der Waals surface area contributed by atoms with E-state index < -0.39 is 0 Å². The van der Waals surface area contributed by atoms with Crippen LogP contribution >= 0.6 is 11.3 Å². The molecule has 0 spiro atoms. The Morgan fingerprint density at radius 1 is 1.04 bits per heavy atom. The number of hydrogen-bond acceptors (Lipinski definition) is 4. The summed E-state index contributed by atoms with van der Waals surface area (Å²) in [6.45, 7) is 4.73. The van der Waals surface area contributed by atoms with Gasteiger partial charge in [0, 0.05) is 22.5 Å². The van der Waals surface area contributed by atoms with Crippen molar-refractivity contribution in [2.24, 2.45) is 5.73 Å². The highest BCUT2D eigenvalue weighted by molar-refractivity contribution is 7.15. The van der Waals surface area contributed by atoms with E-state index >= 15 is 0 Å². The molecule has 1 aromatic heterocycles. The highest BCUT2D eigenvalue weighted by Gasteiger charge is 2.12. The maximum absolute atomic E-state index is 5.66. The molecule has 0 aliphatic heterocycles. The Morgan fingerprint density at radius 3 is 2.35 bits per heavy atom. The lowest BCUT2D eigenvalue weighted by Gasteiger charge is -2.06. The number of rotatable bonds is 4. The van der Waals surface area contributed by atoms with Crippen LogP contribution in [0.15, 0.2) is 42.5 Å². The number of methoxy groups -OCH3 is 1. The molecular formula is C19H20N2OS. The third-order valence-electron chi connectivity index (χ3n) is 3.90. The molecule has 0 fully saturated rings. The molecule has 0 bridgehead atoms. The van der Waals surface area contributed by atoms with Crippen LogP contribution in [0.4, 0.5) is 0 Å². The Bertz CT molecular complexity index is 822. The number of nitrogens with zero attached hydrogens (tertiary/aromatic N) is 1. The number of hydrogen-bond donors (Lipinski definition) is 1. The number of ether oxygens (including phenoxy) is 1. The maximum Gasteiger partial charge on any atom is 0.124 e. The van der Waals surface area contributed by atoms with Crippen molar-refractivity contribution >= 4 is 11.3 Å². The first-order valence-electron chi connectivity index (χ1n) is 7.54. The van der Waals surface area contributed by atoms with Gasteiger partial charge in [-0.1, -0.05) is 24.3 Å². The number of aromatic nitrogens is 1. The zero-order valence-electron chi connectivity index (χ0n) is 13.6. The van der Waals surface area contributed by atoms with E-state index in [0.717, 1.165) is 38.7 Å². The Balaban J connectivity index is 1.98. The van der Waals surface area contributed by atoms with Gasteiger partial charge in [-0.3, -0.25) is 0 Å². The number of nitrogens with two attached hydrogens (primary N) is 1. The van der Waals surface area contributed by atoms with Gasteiger partial charge in [0.15, 0.2) is 0 Å². The van der Waals surface area contributed by atoms with E-state index in [1.807, 2.05) is 6.07 Å². The Kier molecular flexibility index (Phi) is 4.46. The fourth-order valence-electron chi connectivity index (χ4n) is 2.60. The second-order valence-corrected chi connectivity index (χ2v) is 6.71. The molecule has 2 N–H and O–H groups in total. The summed E-state index contributed by atoms with van der Waals surface area (Å²) in [5.74, 6) is 0.902. The minimum absolute atomic E-state index is 0.563. The van der Waals surface area contributed by atoms with Gasteiger partial charge in [-0.25, -0.2) is 4.98 Å². The van der Waals surface area contributed by atoms with Gasteiger partial charge in [-0.15, -0.1) is 11.3 Å². The average Bonchev–Trinajstić information content (AvgIpc) is 2.96. The van der Waals surface area contributed by atoms with Crippen LogP contribution in [0, 0.1) is 13.8 Å². The van der Waals surface area contributed by atoms with E-state index in [2.05, 4.69) is 50.2 Å². The molecule has 4 heteroatoms. The lowest BCUT2D eigenvalue weighted by atomic mass is 10.1. The van der Waals surface area contributed by atoms with Crippen LogP contribution in [0.3, 0.4) is 0 Å². The minimum Gasteiger partial charge on any atom is -0.496 e. The van der Waals surface area contributed by atoms with Gasteiger partial charge in [-0.05, 0) is 43.2 Å². The molecule has 0 atom stereocenters. The zero-order chi connectivity index (χ0) is 16.4. The summed E-state index contributed by atoms with van der Waals surface area (Å²) < 4.78 is 5.33. The molecule has 0 aliphatic carbocycles. The Labute approximate surface area is 140 Å². The number of aryl methyl sites for hydroxylation is 2. The summed E-state index contributed by atoms with van der Waals surface area (Å²) in [5, 5.41) is 1.04. The predicted octanol–water partition coefficient (Wildman–Crippen LogP) is 4.56. The van der Waals surface area contributed by atoms with Crippen LogP contribution in [0.1, 0.15) is 16.0 Å². The molecule has 3 aromatic rings. The smallest absolute Gasteiger partial charge is 0.124 e. The number of benzene rings is 2. The van der Waals surface area contributed by atoms with E-state index in [0.29, 0.717) is 6.54 Å². The standard InChI is InChI=1S/C19H20N2OS/c1-12-10-16(8-9-17(12)22-3)18-13(2)23-19(21-18)15-6-4-14(11-20)5-7-15/h4-10H,11,20H2,1-3H3. The third-order valence-corrected chi connectivity index (χ3v) is 4.92. The second-order valence-electron chi connectivity index (χ2n) is 5.51. The Hall–Kier alpha value is -2.17. The second kappa shape index (κ2) is 6.52. The molecule has 2 aromatic carbocycles. The normalized spacial score (nSPS) is 10.8. The van der Waals surface area contributed by atoms with Gasteiger partial charge < -0.3 is 10.5 Å². The lowest BCUT2D eigenvalue weighted by Crippen LogP contribution is -1.95. The van der Waals surface area contributed by atoms with Crippen LogP contribution < -0.4 is 10.5 Å². The van der Waals surface area contributed by atoms with Crippen molar-refractivity contribution in [3.05, 3.63) is 58.5 Å². The molecule has 0 amide bonds. The molecule has 0 radical (unpaired) electrons. The highest BCUT2D eigenvalue weighted by Crippen LogP contribution is 2.34. The van der Waals surface area contributed by atoms with Crippen LogP contribution in [-0.2, 0) is 6.54 Å². The van der Waals surface area contributed by atoms with Gasteiger partial charge in [0.25, 0.3) is 0 Å². The van der Waals surface area contributed by atoms with Crippen LogP contribution in [0.25, 0.3) is 21.8 Å². The quantitative estimate of drug-likeness (QED) is 0.765. The summed E-state index contributed by atoms with van der Waals surface area (Å²) in [4.78, 5) is 6.06. The number of thiazole rings is 1. The zero-order valence-corrected chi connectivity index (χ0v) is 14.4. The van der Waals surface area contributed by atoms with Crippen molar-refractivity contribution < 1.29 is 4.74 Å². The van der Waals surface area contributed by atoms with E-state index in [1.165, 1.54) is 4.88 Å². The largest absolute Gasteiger partial charge is 0.496 e. The summed E-state index contributed by atoms with van der Waals surface area (Å²) >= 11 is 1.72. The Morgan fingerprint density at radius 2 is 1.74 bits per heavy atom. The first kappa shape index (κ1) is 15.7. The van der Waals surface area contributed by atoms with Crippen LogP contribution in [-0.4, -0.2) is 12.1 Å². The monoisotopic (exact) mass is 324 g/mol. The third kappa shape index (κ3) is 3.14. The molecule has 118 valence electrons. The van der Waals surface area contributed by atoms with Crippen LogP contribution in [0.2, 0.25) is 0 Å². The van der Waals surface area contributed by atoms with Gasteiger partial charge in [-0.2, -0.15) is 0 Å². The van der Waals surface area contributed by atoms with Gasteiger partial charge in [0.1, 0.15) is 10.8 Å². The fourth-order valence-corrected chi connectivity index (χ4v) is 3.54. The molecule has 0 unspecified atom stereocenters. The topological polar surface area (TPSA) is 48.1 Å². The van der Waals surface area contributed by atoms with Crippen molar-refractivity contribution in [1.82, 2.24) is 4.98 Å². The van der Waals surface area contributed by atoms with Gasteiger partial charge in [0.2, 0.25) is 0 Å². The highest BCUT2D eigenvalue weighted by atomic mass is 32.1. The fraction of sp³-hybridized carbons (Fsp3) is 0.211. The van der Waals surface area contributed by atoms with E-state index in [-0.39, 0.29) is 0 Å². The first-order valence-corrected chi connectivity index (χ1v) is 8.36. The SMILES string of the molecule is COc1ccc(-c2nc(-c3ccc(CN)cc3)sc2C)cc1C. The molecule has 23 heavy (non-hydrogen) atoms. The molecule has 0 saturated carbocycles. The summed E-state index contributed by atoms with van der Waals surface area (Å²) in [7, 11) is 1.69. The maximum atomic E-state index is 5.66. The van der Waals surface area contributed by atoms with Crippen molar-refractivity contribution in [1.29, 1.82) is 0 Å². The summed E-state index contributed by atoms with van der Waals surface area (Å²) in [6, 6.07) is 14.5. The van der Waals surface area contributed by atoms with E-state index in [9.17, 15) is 0 Å². The summed E-state index contributed by atoms with van der Waals surface area (Å²) in [6.07, 6.45) is 0. The van der Waals surface area contributed by atoms with Crippen molar-refractivity contribution in [2.45, 2.75) is 20.4 Å². The predicted molar refractivity (Wildman–Crippen MR) is 96.9 cm³/mol. The molecule has 3 rings (SSSR count). The lowest BCUT2D eigenvalue weighted by molar-refractivity contribution is 0.412. The van der Waals surface area contributed by atoms with Crippen molar-refractivity contribution in [3.63, 3.8) is 0 Å². The van der Waals surface area contributed by atoms with Gasteiger partial charge >= 0.3 is 0 Å². The molecule has 0 aliphatic rings. The van der Waals surface area contributed by atoms with Crippen molar-refractivity contribution in [3.8, 4) is 27.6 Å². The van der Waals surface area contributed by atoms with Crippen molar-refractivity contribution in [2.75, 3.05) is 7.11 Å². The van der Waals surface area contributed by atoms with Gasteiger partial charge in [0.05, 0.1) is 12.8 Å². The van der Waals surface area contributed by atoms with E-state index in [4.69, 9.17) is 15.5 Å².